The predicted molar refractivity (Wildman–Crippen MR) is 145 cm³/mol. The minimum absolute atomic E-state index is 0.216. The second-order valence-corrected chi connectivity index (χ2v) is 12.2. The van der Waals surface area contributed by atoms with Gasteiger partial charge in [0.2, 0.25) is 11.8 Å². The van der Waals surface area contributed by atoms with E-state index < -0.39 is 35.9 Å². The van der Waals surface area contributed by atoms with Crippen LogP contribution in [0.3, 0.4) is 0 Å². The third kappa shape index (κ3) is 8.18. The number of aliphatic hydroxyl groups is 1. The summed E-state index contributed by atoms with van der Waals surface area (Å²) in [6.45, 7) is 8.92. The summed E-state index contributed by atoms with van der Waals surface area (Å²) in [5.74, 6) is -0.165. The quantitative estimate of drug-likeness (QED) is 0.439. The lowest BCUT2D eigenvalue weighted by molar-refractivity contribution is -0.141. The van der Waals surface area contributed by atoms with Gasteiger partial charge in [0.25, 0.3) is 0 Å². The number of benzene rings is 1. The molecular weight excluding hydrogens is 512 g/mol. The highest BCUT2D eigenvalue weighted by Gasteiger charge is 2.40. The van der Waals surface area contributed by atoms with Crippen molar-refractivity contribution in [1.82, 2.24) is 20.5 Å². The molecule has 1 aromatic carbocycles. The van der Waals surface area contributed by atoms with Crippen LogP contribution in [0.15, 0.2) is 41.9 Å². The number of nitrogens with zero attached hydrogens (tertiary/aromatic N) is 2. The number of carbonyl (C=O) groups excluding carboxylic acids is 3. The number of hydrogen-bond donors (Lipinski definition) is 3. The first-order chi connectivity index (χ1) is 17.5. The molecule has 2 aromatic rings. The van der Waals surface area contributed by atoms with E-state index >= 15 is 0 Å². The Hall–Kier alpha value is -2.63. The zero-order chi connectivity index (χ0) is 27.2. The van der Waals surface area contributed by atoms with Gasteiger partial charge in [-0.05, 0) is 38.7 Å². The number of thiazole rings is 1. The van der Waals surface area contributed by atoms with Gasteiger partial charge in [0.05, 0.1) is 11.9 Å². The number of ether oxygens (including phenoxy) is 1. The number of hydrogen-bond acceptors (Lipinski definition) is 8. The first kappa shape index (κ1) is 28.9. The van der Waals surface area contributed by atoms with Crippen molar-refractivity contribution < 1.29 is 24.2 Å². The predicted octanol–water partition coefficient (Wildman–Crippen LogP) is 3.35. The molecule has 37 heavy (non-hydrogen) atoms. The van der Waals surface area contributed by atoms with Gasteiger partial charge in [0.1, 0.15) is 28.8 Å². The van der Waals surface area contributed by atoms with Gasteiger partial charge in [-0.25, -0.2) is 9.78 Å². The molecule has 4 atom stereocenters. The summed E-state index contributed by atoms with van der Waals surface area (Å²) in [5, 5.41) is 19.0. The van der Waals surface area contributed by atoms with E-state index in [0.717, 1.165) is 5.56 Å². The van der Waals surface area contributed by atoms with E-state index in [-0.39, 0.29) is 17.7 Å². The molecule has 1 aliphatic rings. The van der Waals surface area contributed by atoms with E-state index in [0.29, 0.717) is 23.1 Å². The van der Waals surface area contributed by atoms with Crippen LogP contribution in [0.5, 0.6) is 0 Å². The SMILES string of the molecule is CC(C)[C@H](NC(=O)OC(C)(C)C)C(=O)N1CSC[C@H]1C(=O)N[C@@H](Cc1ccccc1)C(O)c1nccs1. The fourth-order valence-electron chi connectivity index (χ4n) is 3.94. The number of nitrogens with one attached hydrogen (secondary N) is 2. The molecule has 1 saturated heterocycles. The van der Waals surface area contributed by atoms with Crippen LogP contribution in [0.2, 0.25) is 0 Å². The van der Waals surface area contributed by atoms with Gasteiger partial charge < -0.3 is 25.4 Å². The van der Waals surface area contributed by atoms with Crippen molar-refractivity contribution >= 4 is 41.0 Å². The first-order valence-electron chi connectivity index (χ1n) is 12.3. The van der Waals surface area contributed by atoms with Gasteiger partial charge in [-0.2, -0.15) is 0 Å². The summed E-state index contributed by atoms with van der Waals surface area (Å²) in [6.07, 6.45) is 0.333. The molecule has 0 saturated carbocycles. The number of alkyl carbamates (subject to hydrolysis) is 1. The topological polar surface area (TPSA) is 121 Å². The molecule has 1 aromatic heterocycles. The molecule has 0 aliphatic carbocycles. The van der Waals surface area contributed by atoms with Gasteiger partial charge in [0, 0.05) is 17.3 Å². The van der Waals surface area contributed by atoms with E-state index in [1.807, 2.05) is 44.2 Å². The number of aromatic nitrogens is 1. The smallest absolute Gasteiger partial charge is 0.408 e. The number of thioether (sulfide) groups is 1. The maximum Gasteiger partial charge on any atom is 0.408 e. The van der Waals surface area contributed by atoms with Crippen LogP contribution in [-0.2, 0) is 20.7 Å². The molecule has 0 bridgehead atoms. The second-order valence-electron chi connectivity index (χ2n) is 10.3. The Kier molecular flexibility index (Phi) is 9.97. The van der Waals surface area contributed by atoms with Crippen LogP contribution in [0.1, 0.15) is 51.3 Å². The van der Waals surface area contributed by atoms with Gasteiger partial charge >= 0.3 is 6.09 Å². The molecule has 9 nitrogen and oxygen atoms in total. The number of amides is 3. The third-order valence-corrected chi connectivity index (χ3v) is 7.64. The third-order valence-electron chi connectivity index (χ3n) is 5.78. The van der Waals surface area contributed by atoms with Crippen molar-refractivity contribution in [3.63, 3.8) is 0 Å². The first-order valence-corrected chi connectivity index (χ1v) is 14.3. The molecule has 11 heteroatoms. The van der Waals surface area contributed by atoms with Crippen molar-refractivity contribution in [2.75, 3.05) is 11.6 Å². The lowest BCUT2D eigenvalue weighted by Gasteiger charge is -2.32. The van der Waals surface area contributed by atoms with E-state index in [2.05, 4.69) is 15.6 Å². The highest BCUT2D eigenvalue weighted by molar-refractivity contribution is 7.99. The van der Waals surface area contributed by atoms with Crippen molar-refractivity contribution in [1.29, 1.82) is 0 Å². The van der Waals surface area contributed by atoms with Crippen LogP contribution in [0.4, 0.5) is 4.79 Å². The number of rotatable bonds is 9. The molecule has 0 radical (unpaired) electrons. The Morgan fingerprint density at radius 1 is 1.19 bits per heavy atom. The summed E-state index contributed by atoms with van der Waals surface area (Å²) < 4.78 is 5.34. The lowest BCUT2D eigenvalue weighted by Crippen LogP contribution is -2.57. The van der Waals surface area contributed by atoms with E-state index in [1.165, 1.54) is 28.0 Å². The van der Waals surface area contributed by atoms with Crippen LogP contribution in [0, 0.1) is 5.92 Å². The molecule has 3 amide bonds. The molecule has 1 fully saturated rings. The van der Waals surface area contributed by atoms with E-state index in [1.54, 1.807) is 32.3 Å². The molecular formula is C26H36N4O5S2. The second kappa shape index (κ2) is 12.7. The largest absolute Gasteiger partial charge is 0.444 e. The Morgan fingerprint density at radius 2 is 1.89 bits per heavy atom. The summed E-state index contributed by atoms with van der Waals surface area (Å²) >= 11 is 2.79. The van der Waals surface area contributed by atoms with E-state index in [9.17, 15) is 19.5 Å². The van der Waals surface area contributed by atoms with Crippen molar-refractivity contribution in [3.05, 3.63) is 52.5 Å². The van der Waals surface area contributed by atoms with E-state index in [4.69, 9.17) is 4.74 Å². The molecule has 3 rings (SSSR count). The summed E-state index contributed by atoms with van der Waals surface area (Å²) in [4.78, 5) is 45.1. The summed E-state index contributed by atoms with van der Waals surface area (Å²) in [7, 11) is 0. The molecule has 0 spiro atoms. The Labute approximate surface area is 226 Å². The Balaban J connectivity index is 1.75. The summed E-state index contributed by atoms with van der Waals surface area (Å²) in [6, 6.07) is 7.37. The average Bonchev–Trinajstić information content (AvgIpc) is 3.53. The minimum Gasteiger partial charge on any atom is -0.444 e. The molecule has 1 unspecified atom stereocenters. The maximum atomic E-state index is 13.5. The van der Waals surface area contributed by atoms with Crippen LogP contribution in [0.25, 0.3) is 0 Å². The standard InChI is InChI=1S/C26H36N4O5S2/c1-16(2)20(29-25(34)35-26(3,4)5)24(33)30-15-36-14-19(30)22(32)28-18(13-17-9-7-6-8-10-17)21(31)23-27-11-12-37-23/h6-12,16,18-21,31H,13-15H2,1-5H3,(H,28,32)(H,29,34)/t18-,19-,20-,21?/m0/s1. The highest BCUT2D eigenvalue weighted by atomic mass is 32.2. The van der Waals surface area contributed by atoms with Gasteiger partial charge in [-0.3, -0.25) is 9.59 Å². The normalized spacial score (nSPS) is 18.2. The monoisotopic (exact) mass is 548 g/mol. The van der Waals surface area contributed by atoms with Crippen LogP contribution in [-0.4, -0.2) is 68.3 Å². The summed E-state index contributed by atoms with van der Waals surface area (Å²) in [5.41, 5.74) is 0.255. The number of carbonyl (C=O) groups is 3. The fourth-order valence-corrected chi connectivity index (χ4v) is 5.80. The molecule has 202 valence electrons. The Bertz CT molecular complexity index is 1040. The average molecular weight is 549 g/mol. The Morgan fingerprint density at radius 3 is 2.49 bits per heavy atom. The molecule has 2 heterocycles. The fraction of sp³-hybridized carbons (Fsp3) is 0.538. The van der Waals surface area contributed by atoms with Gasteiger partial charge in [-0.1, -0.05) is 44.2 Å². The van der Waals surface area contributed by atoms with Crippen molar-refractivity contribution in [2.24, 2.45) is 5.92 Å². The zero-order valence-electron chi connectivity index (χ0n) is 21.8. The maximum absolute atomic E-state index is 13.5. The highest BCUT2D eigenvalue weighted by Crippen LogP contribution is 2.26. The molecule has 3 N–H and O–H groups in total. The molecule has 1 aliphatic heterocycles. The number of aliphatic hydroxyl groups excluding tert-OH is 1. The van der Waals surface area contributed by atoms with Gasteiger partial charge in [0.15, 0.2) is 0 Å². The van der Waals surface area contributed by atoms with Gasteiger partial charge in [-0.15, -0.1) is 23.1 Å². The van der Waals surface area contributed by atoms with Crippen molar-refractivity contribution in [2.45, 2.75) is 70.9 Å². The zero-order valence-corrected chi connectivity index (χ0v) is 23.5. The minimum atomic E-state index is -1.00. The van der Waals surface area contributed by atoms with Crippen LogP contribution >= 0.6 is 23.1 Å². The lowest BCUT2D eigenvalue weighted by atomic mass is 10.0. The van der Waals surface area contributed by atoms with Crippen LogP contribution < -0.4 is 10.6 Å². The van der Waals surface area contributed by atoms with Crippen molar-refractivity contribution in [3.8, 4) is 0 Å².